The van der Waals surface area contributed by atoms with Crippen molar-refractivity contribution >= 4 is 0 Å². The minimum absolute atomic E-state index is 0.777. The van der Waals surface area contributed by atoms with Gasteiger partial charge in [0.1, 0.15) is 0 Å². The third kappa shape index (κ3) is 2.66. The monoisotopic (exact) mass is 153 g/mol. The normalized spacial score (nSPS) is 26.1. The minimum Gasteiger partial charge on any atom is -0.309 e. The van der Waals surface area contributed by atoms with E-state index >= 15 is 0 Å². The van der Waals surface area contributed by atoms with E-state index < -0.39 is 0 Å². The Hall–Kier alpha value is -0.300. The molecule has 1 atom stereocenters. The second-order valence-electron chi connectivity index (χ2n) is 3.86. The molecule has 0 heterocycles. The molecule has 0 saturated heterocycles. The molecule has 1 nitrogen and oxygen atoms in total. The molecule has 0 aromatic carbocycles. The lowest BCUT2D eigenvalue weighted by Gasteiger charge is -2.26. The van der Waals surface area contributed by atoms with Gasteiger partial charge < -0.3 is 4.90 Å². The Labute approximate surface area is 70.1 Å². The van der Waals surface area contributed by atoms with E-state index in [1.165, 1.54) is 37.8 Å². The first kappa shape index (κ1) is 8.79. The fraction of sp³-hybridized carbons (Fsp3) is 0.800. The predicted octanol–water partition coefficient (Wildman–Crippen LogP) is 2.29. The molecular formula is C10H19N. The van der Waals surface area contributed by atoms with E-state index in [0.29, 0.717) is 0 Å². The average molecular weight is 153 g/mol. The summed E-state index contributed by atoms with van der Waals surface area (Å²) in [6.45, 7) is 5.32. The molecule has 1 aliphatic carbocycles. The van der Waals surface area contributed by atoms with Crippen LogP contribution in [0.5, 0.6) is 0 Å². The smallest absolute Gasteiger partial charge is 0.00408 e. The topological polar surface area (TPSA) is 3.24 Å². The number of hydrogen-bond acceptors (Lipinski definition) is 1. The van der Waals surface area contributed by atoms with Crippen molar-refractivity contribution in [1.82, 2.24) is 4.90 Å². The summed E-state index contributed by atoms with van der Waals surface area (Å²) in [5.74, 6) is 0.777. The average Bonchev–Trinajstić information content (AvgIpc) is 1.93. The second-order valence-corrected chi connectivity index (χ2v) is 3.86. The van der Waals surface area contributed by atoms with Crippen molar-refractivity contribution in [2.45, 2.75) is 25.7 Å². The van der Waals surface area contributed by atoms with Gasteiger partial charge in [-0.05, 0) is 39.3 Å². The zero-order valence-electron chi connectivity index (χ0n) is 7.77. The van der Waals surface area contributed by atoms with E-state index in [9.17, 15) is 0 Å². The van der Waals surface area contributed by atoms with Gasteiger partial charge in [0.15, 0.2) is 0 Å². The van der Waals surface area contributed by atoms with Crippen LogP contribution < -0.4 is 0 Å². The van der Waals surface area contributed by atoms with E-state index in [4.69, 9.17) is 0 Å². The molecule has 0 spiro atoms. The lowest BCUT2D eigenvalue weighted by atomic mass is 9.85. The van der Waals surface area contributed by atoms with E-state index in [2.05, 4.69) is 25.6 Å². The van der Waals surface area contributed by atoms with Crippen LogP contribution in [0.15, 0.2) is 12.2 Å². The Balaban J connectivity index is 2.36. The van der Waals surface area contributed by atoms with Crippen molar-refractivity contribution in [2.75, 3.05) is 20.6 Å². The van der Waals surface area contributed by atoms with Crippen molar-refractivity contribution in [3.63, 3.8) is 0 Å². The maximum absolute atomic E-state index is 4.12. The number of rotatable bonds is 2. The SMILES string of the molecule is C=C1CCCCC1CN(C)C. The standard InChI is InChI=1S/C10H19N/c1-9-6-4-5-7-10(9)8-11(2)3/h10H,1,4-8H2,2-3H3. The van der Waals surface area contributed by atoms with Gasteiger partial charge in [0.05, 0.1) is 0 Å². The van der Waals surface area contributed by atoms with Gasteiger partial charge in [-0.3, -0.25) is 0 Å². The highest BCUT2D eigenvalue weighted by atomic mass is 15.1. The molecule has 64 valence electrons. The molecule has 0 N–H and O–H groups in total. The van der Waals surface area contributed by atoms with Crippen molar-refractivity contribution in [3.05, 3.63) is 12.2 Å². The number of nitrogens with zero attached hydrogens (tertiary/aromatic N) is 1. The van der Waals surface area contributed by atoms with E-state index in [1.807, 2.05) is 0 Å². The summed E-state index contributed by atoms with van der Waals surface area (Å²) in [5.41, 5.74) is 1.48. The summed E-state index contributed by atoms with van der Waals surface area (Å²) < 4.78 is 0. The molecule has 11 heavy (non-hydrogen) atoms. The van der Waals surface area contributed by atoms with Crippen LogP contribution in [0.2, 0.25) is 0 Å². The second kappa shape index (κ2) is 3.91. The lowest BCUT2D eigenvalue weighted by Crippen LogP contribution is -2.24. The van der Waals surface area contributed by atoms with Crippen LogP contribution in [-0.4, -0.2) is 25.5 Å². The maximum Gasteiger partial charge on any atom is 0.00408 e. The van der Waals surface area contributed by atoms with Gasteiger partial charge in [-0.15, -0.1) is 0 Å². The van der Waals surface area contributed by atoms with Gasteiger partial charge in [0, 0.05) is 6.54 Å². The molecule has 1 unspecified atom stereocenters. The van der Waals surface area contributed by atoms with Crippen molar-refractivity contribution in [3.8, 4) is 0 Å². The summed E-state index contributed by atoms with van der Waals surface area (Å²) in [5, 5.41) is 0. The summed E-state index contributed by atoms with van der Waals surface area (Å²) in [6.07, 6.45) is 5.38. The molecule has 0 amide bonds. The largest absolute Gasteiger partial charge is 0.309 e. The Bertz CT molecular complexity index is 138. The predicted molar refractivity (Wildman–Crippen MR) is 49.7 cm³/mol. The first-order chi connectivity index (χ1) is 5.20. The van der Waals surface area contributed by atoms with Gasteiger partial charge in [0.25, 0.3) is 0 Å². The molecular weight excluding hydrogens is 134 g/mol. The molecule has 0 aromatic heterocycles. The molecule has 1 aliphatic rings. The van der Waals surface area contributed by atoms with E-state index in [1.54, 1.807) is 0 Å². The molecule has 1 heteroatoms. The summed E-state index contributed by atoms with van der Waals surface area (Å²) >= 11 is 0. The molecule has 0 aromatic rings. The van der Waals surface area contributed by atoms with Gasteiger partial charge in [0.2, 0.25) is 0 Å². The quantitative estimate of drug-likeness (QED) is 0.550. The molecule has 0 aliphatic heterocycles. The van der Waals surface area contributed by atoms with Crippen LogP contribution >= 0.6 is 0 Å². The molecule has 0 radical (unpaired) electrons. The first-order valence-corrected chi connectivity index (χ1v) is 4.52. The van der Waals surface area contributed by atoms with Crippen molar-refractivity contribution < 1.29 is 0 Å². The van der Waals surface area contributed by atoms with Crippen LogP contribution in [-0.2, 0) is 0 Å². The van der Waals surface area contributed by atoms with Crippen LogP contribution in [0.1, 0.15) is 25.7 Å². The highest BCUT2D eigenvalue weighted by molar-refractivity contribution is 5.03. The Morgan fingerprint density at radius 3 is 2.73 bits per heavy atom. The lowest BCUT2D eigenvalue weighted by molar-refractivity contribution is 0.314. The third-order valence-electron chi connectivity index (χ3n) is 2.46. The van der Waals surface area contributed by atoms with Crippen molar-refractivity contribution in [2.24, 2.45) is 5.92 Å². The van der Waals surface area contributed by atoms with Crippen molar-refractivity contribution in [1.29, 1.82) is 0 Å². The highest BCUT2D eigenvalue weighted by Gasteiger charge is 2.16. The Morgan fingerprint density at radius 2 is 2.18 bits per heavy atom. The highest BCUT2D eigenvalue weighted by Crippen LogP contribution is 2.27. The van der Waals surface area contributed by atoms with Crippen LogP contribution in [0.3, 0.4) is 0 Å². The van der Waals surface area contributed by atoms with Gasteiger partial charge in [-0.2, -0.15) is 0 Å². The van der Waals surface area contributed by atoms with E-state index in [0.717, 1.165) is 5.92 Å². The maximum atomic E-state index is 4.12. The number of hydrogen-bond donors (Lipinski definition) is 0. The fourth-order valence-electron chi connectivity index (χ4n) is 1.81. The first-order valence-electron chi connectivity index (χ1n) is 4.52. The summed E-state index contributed by atoms with van der Waals surface area (Å²) in [7, 11) is 4.28. The Morgan fingerprint density at radius 1 is 1.45 bits per heavy atom. The molecule has 1 fully saturated rings. The van der Waals surface area contributed by atoms with Crippen LogP contribution in [0, 0.1) is 5.92 Å². The summed E-state index contributed by atoms with van der Waals surface area (Å²) in [6, 6.07) is 0. The van der Waals surface area contributed by atoms with Gasteiger partial charge in [-0.1, -0.05) is 18.6 Å². The third-order valence-corrected chi connectivity index (χ3v) is 2.46. The van der Waals surface area contributed by atoms with Crippen LogP contribution in [0.4, 0.5) is 0 Å². The molecule has 1 saturated carbocycles. The summed E-state index contributed by atoms with van der Waals surface area (Å²) in [4.78, 5) is 2.27. The minimum atomic E-state index is 0.777. The Kier molecular flexibility index (Phi) is 3.13. The zero-order valence-corrected chi connectivity index (χ0v) is 7.77. The zero-order chi connectivity index (χ0) is 8.27. The van der Waals surface area contributed by atoms with Gasteiger partial charge in [-0.25, -0.2) is 0 Å². The van der Waals surface area contributed by atoms with E-state index in [-0.39, 0.29) is 0 Å². The fourth-order valence-corrected chi connectivity index (χ4v) is 1.81. The molecule has 0 bridgehead atoms. The van der Waals surface area contributed by atoms with Crippen LogP contribution in [0.25, 0.3) is 0 Å². The molecule has 1 rings (SSSR count). The van der Waals surface area contributed by atoms with Gasteiger partial charge >= 0.3 is 0 Å².